The van der Waals surface area contributed by atoms with Crippen LogP contribution in [0.25, 0.3) is 0 Å². The van der Waals surface area contributed by atoms with Crippen LogP contribution in [0, 0.1) is 5.92 Å². The molecule has 2 saturated heterocycles. The summed E-state index contributed by atoms with van der Waals surface area (Å²) in [6.45, 7) is 9.02. The van der Waals surface area contributed by atoms with Gasteiger partial charge in [0.15, 0.2) is 0 Å². The SMILES string of the molecule is COC1CC2CC(OC(=O)NCCCCCCNC(C)=O)C1(C)OC2(C)C. The number of alkyl carbamates (subject to hydrolysis) is 1. The van der Waals surface area contributed by atoms with Crippen molar-refractivity contribution in [3.05, 3.63) is 0 Å². The molecule has 156 valence electrons. The number of carbonyl (C=O) groups is 2. The molecule has 4 atom stereocenters. The lowest BCUT2D eigenvalue weighted by Crippen LogP contribution is -2.69. The monoisotopic (exact) mass is 384 g/mol. The van der Waals surface area contributed by atoms with E-state index in [0.29, 0.717) is 19.0 Å². The first-order valence-corrected chi connectivity index (χ1v) is 10.1. The maximum Gasteiger partial charge on any atom is 0.407 e. The van der Waals surface area contributed by atoms with E-state index in [2.05, 4.69) is 24.5 Å². The Bertz CT molecular complexity index is 525. The van der Waals surface area contributed by atoms with Gasteiger partial charge in [-0.25, -0.2) is 4.79 Å². The first-order chi connectivity index (χ1) is 12.7. The number of fused-ring (bicyclic) bond motifs is 3. The van der Waals surface area contributed by atoms with Crippen LogP contribution in [0.2, 0.25) is 0 Å². The first-order valence-electron chi connectivity index (χ1n) is 10.1. The fourth-order valence-electron chi connectivity index (χ4n) is 4.36. The number of amides is 2. The summed E-state index contributed by atoms with van der Waals surface area (Å²) < 4.78 is 17.7. The molecule has 3 fully saturated rings. The highest BCUT2D eigenvalue weighted by Crippen LogP contribution is 2.51. The van der Waals surface area contributed by atoms with E-state index in [1.807, 2.05) is 6.92 Å². The smallest absolute Gasteiger partial charge is 0.407 e. The lowest BCUT2D eigenvalue weighted by molar-refractivity contribution is -0.313. The molecule has 27 heavy (non-hydrogen) atoms. The number of unbranched alkanes of at least 4 members (excludes halogenated alkanes) is 3. The van der Waals surface area contributed by atoms with Gasteiger partial charge in [0.1, 0.15) is 11.7 Å². The van der Waals surface area contributed by atoms with Gasteiger partial charge in [-0.3, -0.25) is 4.79 Å². The van der Waals surface area contributed by atoms with Gasteiger partial charge in [-0.2, -0.15) is 0 Å². The average molecular weight is 385 g/mol. The van der Waals surface area contributed by atoms with Crippen LogP contribution in [0.15, 0.2) is 0 Å². The van der Waals surface area contributed by atoms with Crippen molar-refractivity contribution < 1.29 is 23.8 Å². The third-order valence-electron chi connectivity index (χ3n) is 6.02. The fourth-order valence-corrected chi connectivity index (χ4v) is 4.36. The third-order valence-corrected chi connectivity index (χ3v) is 6.02. The van der Waals surface area contributed by atoms with Crippen LogP contribution >= 0.6 is 0 Å². The van der Waals surface area contributed by atoms with E-state index in [0.717, 1.165) is 38.5 Å². The predicted molar refractivity (Wildman–Crippen MR) is 103 cm³/mol. The summed E-state index contributed by atoms with van der Waals surface area (Å²) in [5.74, 6) is 0.318. The molecular formula is C20H36N2O5. The lowest BCUT2D eigenvalue weighted by atomic mass is 9.65. The van der Waals surface area contributed by atoms with Crippen LogP contribution in [0.3, 0.4) is 0 Å². The number of hydrogen-bond donors (Lipinski definition) is 2. The molecule has 1 saturated carbocycles. The molecule has 2 heterocycles. The van der Waals surface area contributed by atoms with Gasteiger partial charge in [0.2, 0.25) is 5.91 Å². The Morgan fingerprint density at radius 2 is 1.59 bits per heavy atom. The van der Waals surface area contributed by atoms with E-state index in [1.165, 1.54) is 6.92 Å². The quantitative estimate of drug-likeness (QED) is 0.597. The zero-order chi connectivity index (χ0) is 20.1. The van der Waals surface area contributed by atoms with Gasteiger partial charge in [-0.1, -0.05) is 12.8 Å². The minimum Gasteiger partial charge on any atom is -0.443 e. The number of carbonyl (C=O) groups excluding carboxylic acids is 2. The molecule has 2 N–H and O–H groups in total. The second-order valence-electron chi connectivity index (χ2n) is 8.50. The minimum absolute atomic E-state index is 0.00704. The molecule has 0 spiro atoms. The number of hydrogen-bond acceptors (Lipinski definition) is 5. The number of ether oxygens (including phenoxy) is 3. The largest absolute Gasteiger partial charge is 0.443 e. The van der Waals surface area contributed by atoms with E-state index in [1.54, 1.807) is 7.11 Å². The number of rotatable bonds is 9. The van der Waals surface area contributed by atoms with Crippen LogP contribution in [-0.4, -0.2) is 55.6 Å². The molecule has 0 aromatic rings. The molecule has 0 aromatic carbocycles. The second-order valence-corrected chi connectivity index (χ2v) is 8.50. The van der Waals surface area contributed by atoms with Gasteiger partial charge >= 0.3 is 6.09 Å². The zero-order valence-corrected chi connectivity index (χ0v) is 17.4. The molecule has 2 bridgehead atoms. The van der Waals surface area contributed by atoms with Crippen molar-refractivity contribution >= 4 is 12.0 Å². The molecule has 4 unspecified atom stereocenters. The van der Waals surface area contributed by atoms with E-state index < -0.39 is 5.60 Å². The van der Waals surface area contributed by atoms with E-state index >= 15 is 0 Å². The molecule has 7 heteroatoms. The van der Waals surface area contributed by atoms with Crippen molar-refractivity contribution in [2.75, 3.05) is 20.2 Å². The summed E-state index contributed by atoms with van der Waals surface area (Å²) >= 11 is 0. The second kappa shape index (κ2) is 9.24. The molecule has 7 nitrogen and oxygen atoms in total. The summed E-state index contributed by atoms with van der Waals surface area (Å²) in [4.78, 5) is 23.0. The van der Waals surface area contributed by atoms with Gasteiger partial charge in [0, 0.05) is 27.1 Å². The molecule has 0 radical (unpaired) electrons. The van der Waals surface area contributed by atoms with E-state index in [9.17, 15) is 9.59 Å². The normalized spacial score (nSPS) is 31.4. The van der Waals surface area contributed by atoms with Crippen molar-refractivity contribution in [3.63, 3.8) is 0 Å². The van der Waals surface area contributed by atoms with Gasteiger partial charge < -0.3 is 24.8 Å². The number of methoxy groups -OCH3 is 1. The molecule has 2 amide bonds. The maximum atomic E-state index is 12.2. The number of nitrogens with one attached hydrogen (secondary N) is 2. The topological polar surface area (TPSA) is 85.9 Å². The van der Waals surface area contributed by atoms with E-state index in [4.69, 9.17) is 14.2 Å². The van der Waals surface area contributed by atoms with Crippen molar-refractivity contribution in [2.24, 2.45) is 5.92 Å². The van der Waals surface area contributed by atoms with Crippen LogP contribution < -0.4 is 10.6 Å². The Kier molecular flexibility index (Phi) is 7.51. The summed E-state index contributed by atoms with van der Waals surface area (Å²) in [5, 5.41) is 5.62. The van der Waals surface area contributed by atoms with Crippen LogP contribution in [0.5, 0.6) is 0 Å². The highest BCUT2D eigenvalue weighted by atomic mass is 16.6. The van der Waals surface area contributed by atoms with Crippen molar-refractivity contribution in [3.8, 4) is 0 Å². The third kappa shape index (κ3) is 5.57. The van der Waals surface area contributed by atoms with Crippen LogP contribution in [-0.2, 0) is 19.0 Å². The standard InChI is InChI=1S/C20H36N2O5/c1-14(23)21-10-8-6-7-9-11-22-18(24)26-17-13-15-12-16(25-5)20(17,4)27-19(15,2)3/h15-17H,6-13H2,1-5H3,(H,21,23)(H,22,24). The zero-order valence-electron chi connectivity index (χ0n) is 17.4. The molecule has 3 aliphatic rings. The Hall–Kier alpha value is -1.34. The lowest BCUT2D eigenvalue weighted by Gasteiger charge is -2.59. The summed E-state index contributed by atoms with van der Waals surface area (Å²) in [6, 6.07) is 0. The molecule has 3 rings (SSSR count). The highest BCUT2D eigenvalue weighted by Gasteiger charge is 2.61. The fraction of sp³-hybridized carbons (Fsp3) is 0.900. The molecule has 2 aliphatic heterocycles. The maximum absolute atomic E-state index is 12.2. The first kappa shape index (κ1) is 22.0. The van der Waals surface area contributed by atoms with Crippen molar-refractivity contribution in [2.45, 2.75) is 89.6 Å². The van der Waals surface area contributed by atoms with Gasteiger partial charge in [-0.05, 0) is 52.4 Å². The minimum atomic E-state index is -0.617. The van der Waals surface area contributed by atoms with Gasteiger partial charge in [0.25, 0.3) is 0 Å². The highest BCUT2D eigenvalue weighted by molar-refractivity contribution is 5.72. The van der Waals surface area contributed by atoms with Crippen molar-refractivity contribution in [1.29, 1.82) is 0 Å². The average Bonchev–Trinajstić information content (AvgIpc) is 2.57. The summed E-state index contributed by atoms with van der Waals surface area (Å²) in [6.07, 6.45) is 4.87. The molecular weight excluding hydrogens is 348 g/mol. The Morgan fingerprint density at radius 3 is 2.19 bits per heavy atom. The summed E-state index contributed by atoms with van der Waals surface area (Å²) in [7, 11) is 1.69. The van der Waals surface area contributed by atoms with Crippen LogP contribution in [0.1, 0.15) is 66.2 Å². The molecule has 0 aromatic heterocycles. The summed E-state index contributed by atoms with van der Waals surface area (Å²) in [5.41, 5.74) is -0.842. The predicted octanol–water partition coefficient (Wildman–Crippen LogP) is 2.77. The van der Waals surface area contributed by atoms with E-state index in [-0.39, 0.29) is 29.8 Å². The molecule has 1 aliphatic carbocycles. The Balaban J connectivity index is 1.69. The van der Waals surface area contributed by atoms with Crippen molar-refractivity contribution in [1.82, 2.24) is 10.6 Å². The Morgan fingerprint density at radius 1 is 1.00 bits per heavy atom. The van der Waals surface area contributed by atoms with Gasteiger partial charge in [0.05, 0.1) is 11.7 Å². The van der Waals surface area contributed by atoms with Crippen LogP contribution in [0.4, 0.5) is 4.79 Å². The van der Waals surface area contributed by atoms with Gasteiger partial charge in [-0.15, -0.1) is 0 Å². The Labute approximate surface area is 162 Å².